The molecule has 0 fully saturated rings. The van der Waals surface area contributed by atoms with Gasteiger partial charge in [-0.25, -0.2) is 9.78 Å². The number of nitrogens with zero attached hydrogens (tertiary/aromatic N) is 2. The Morgan fingerprint density at radius 2 is 1.45 bits per heavy atom. The summed E-state index contributed by atoms with van der Waals surface area (Å²) in [5.74, 6) is -0.782. The molecule has 4 rings (SSSR count). The molecule has 0 aliphatic rings. The lowest BCUT2D eigenvalue weighted by atomic mass is 9.89. The summed E-state index contributed by atoms with van der Waals surface area (Å²) in [5, 5.41) is 5.74. The maximum atomic E-state index is 14.5. The van der Waals surface area contributed by atoms with Crippen LogP contribution in [0.1, 0.15) is 41.0 Å². The van der Waals surface area contributed by atoms with E-state index in [-0.39, 0.29) is 43.0 Å². The summed E-state index contributed by atoms with van der Waals surface area (Å²) in [6.45, 7) is 1.01. The molecule has 1 heterocycles. The highest BCUT2D eigenvalue weighted by molar-refractivity contribution is 14.0. The van der Waals surface area contributed by atoms with Crippen molar-refractivity contribution in [2.24, 2.45) is 11.5 Å². The van der Waals surface area contributed by atoms with E-state index in [2.05, 4.69) is 20.6 Å². The third-order valence-electron chi connectivity index (χ3n) is 6.79. The van der Waals surface area contributed by atoms with E-state index in [0.29, 0.717) is 25.3 Å². The Bertz CT molecular complexity index is 1360. The number of benzene rings is 3. The summed E-state index contributed by atoms with van der Waals surface area (Å²) in [4.78, 5) is 47.2. The number of aromatic nitrogens is 2. The molecule has 0 aliphatic carbocycles. The third-order valence-corrected chi connectivity index (χ3v) is 6.79. The summed E-state index contributed by atoms with van der Waals surface area (Å²) in [6.07, 6.45) is 4.32. The lowest BCUT2D eigenvalue weighted by Gasteiger charge is -2.33. The second-order valence-electron chi connectivity index (χ2n) is 9.68. The summed E-state index contributed by atoms with van der Waals surface area (Å²) < 4.78 is 0. The van der Waals surface area contributed by atoms with E-state index in [0.717, 1.165) is 22.3 Å². The molecule has 0 spiro atoms. The van der Waals surface area contributed by atoms with Crippen molar-refractivity contribution < 1.29 is 14.4 Å². The minimum Gasteiger partial charge on any atom is -0.368 e. The van der Waals surface area contributed by atoms with Crippen LogP contribution in [0, 0.1) is 0 Å². The van der Waals surface area contributed by atoms with Gasteiger partial charge in [-0.1, -0.05) is 84.9 Å². The maximum absolute atomic E-state index is 14.5. The van der Waals surface area contributed by atoms with Gasteiger partial charge in [0.15, 0.2) is 5.95 Å². The lowest BCUT2D eigenvalue weighted by molar-refractivity contribution is -0.140. The van der Waals surface area contributed by atoms with Gasteiger partial charge in [0.2, 0.25) is 11.8 Å². The fraction of sp³-hybridized carbons (Fsp3) is 0.226. The molecule has 0 saturated carbocycles. The highest BCUT2D eigenvalue weighted by Gasteiger charge is 2.34. The first-order valence-electron chi connectivity index (χ1n) is 13.5. The van der Waals surface area contributed by atoms with Crippen LogP contribution in [0.25, 0.3) is 0 Å². The van der Waals surface area contributed by atoms with Crippen molar-refractivity contribution in [3.63, 3.8) is 0 Å². The number of aromatic amines is 1. The van der Waals surface area contributed by atoms with Crippen molar-refractivity contribution >= 4 is 47.8 Å². The number of nitrogens with one attached hydrogen (secondary N) is 3. The number of urea groups is 1. The predicted molar refractivity (Wildman–Crippen MR) is 173 cm³/mol. The number of primary amides is 2. The van der Waals surface area contributed by atoms with Crippen LogP contribution < -0.4 is 22.1 Å². The van der Waals surface area contributed by atoms with Crippen LogP contribution in [-0.2, 0) is 22.7 Å². The first kappa shape index (κ1) is 32.1. The molecule has 4 amide bonds. The molecule has 0 bridgehead atoms. The van der Waals surface area contributed by atoms with Gasteiger partial charge in [-0.3, -0.25) is 9.59 Å². The first-order chi connectivity index (χ1) is 19.9. The Hall–Kier alpha value is -4.39. The average molecular weight is 682 g/mol. The summed E-state index contributed by atoms with van der Waals surface area (Å²) in [5.41, 5.74) is 14.5. The smallest absolute Gasteiger partial charge is 0.312 e. The monoisotopic (exact) mass is 681 g/mol. The van der Waals surface area contributed by atoms with Crippen LogP contribution in [0.3, 0.4) is 0 Å². The Morgan fingerprint density at radius 3 is 1.98 bits per heavy atom. The number of imidazole rings is 1. The predicted octanol–water partition coefficient (Wildman–Crippen LogP) is 4.10. The van der Waals surface area contributed by atoms with Crippen molar-refractivity contribution in [3.8, 4) is 0 Å². The lowest BCUT2D eigenvalue weighted by Crippen LogP contribution is -2.49. The largest absolute Gasteiger partial charge is 0.368 e. The van der Waals surface area contributed by atoms with Crippen LogP contribution in [0.5, 0.6) is 0 Å². The Labute approximate surface area is 262 Å². The number of carbonyl (C=O) groups excluding carboxylic acids is 3. The highest BCUT2D eigenvalue weighted by Crippen LogP contribution is 2.29. The second kappa shape index (κ2) is 16.2. The minimum absolute atomic E-state index is 0. The molecule has 220 valence electrons. The fourth-order valence-electron chi connectivity index (χ4n) is 4.74. The van der Waals surface area contributed by atoms with Gasteiger partial charge in [-0.05, 0) is 35.1 Å². The topological polar surface area (TPSA) is 159 Å². The quantitative estimate of drug-likeness (QED) is 0.100. The summed E-state index contributed by atoms with van der Waals surface area (Å²) in [6, 6.07) is 25.1. The standard InChI is InChI=1S/C31H35N7O3.HI/c32-28(39)26(12-7-17-34-31-35-18-19-36-31)38(21-23-15-13-22(14-16-23)20-37-30(33)41)29(40)27(24-8-3-1-4-9-24)25-10-5-2-6-11-25;/h1-6,8-11,13-16,18-19,26-27H,7,12,17,20-21H2,(H2,32,39)(H3,33,37,41)(H2,34,35,36);1H/t26-;/m1./s1. The fourth-order valence-corrected chi connectivity index (χ4v) is 4.74. The maximum Gasteiger partial charge on any atom is 0.312 e. The molecule has 42 heavy (non-hydrogen) atoms. The average Bonchev–Trinajstić information content (AvgIpc) is 3.50. The van der Waals surface area contributed by atoms with E-state index >= 15 is 0 Å². The number of carbonyl (C=O) groups is 3. The van der Waals surface area contributed by atoms with E-state index in [1.807, 2.05) is 84.9 Å². The van der Waals surface area contributed by atoms with E-state index in [4.69, 9.17) is 11.5 Å². The van der Waals surface area contributed by atoms with Crippen molar-refractivity contribution in [3.05, 3.63) is 120 Å². The van der Waals surface area contributed by atoms with Crippen molar-refractivity contribution in [2.75, 3.05) is 11.9 Å². The van der Waals surface area contributed by atoms with Crippen molar-refractivity contribution in [2.45, 2.75) is 37.9 Å². The number of hydrogen-bond donors (Lipinski definition) is 5. The first-order valence-corrected chi connectivity index (χ1v) is 13.5. The van der Waals surface area contributed by atoms with Crippen LogP contribution >= 0.6 is 24.0 Å². The molecule has 7 N–H and O–H groups in total. The van der Waals surface area contributed by atoms with E-state index in [1.54, 1.807) is 17.3 Å². The number of H-pyrrole nitrogens is 1. The molecule has 11 heteroatoms. The van der Waals surface area contributed by atoms with Crippen molar-refractivity contribution in [1.29, 1.82) is 0 Å². The molecule has 10 nitrogen and oxygen atoms in total. The number of halogens is 1. The van der Waals surface area contributed by atoms with Gasteiger partial charge in [0, 0.05) is 32.0 Å². The van der Waals surface area contributed by atoms with Crippen LogP contribution in [0.4, 0.5) is 10.7 Å². The Balaban J connectivity index is 0.00000484. The second-order valence-corrected chi connectivity index (χ2v) is 9.68. The van der Waals surface area contributed by atoms with Gasteiger partial charge >= 0.3 is 6.03 Å². The van der Waals surface area contributed by atoms with E-state index < -0.39 is 23.9 Å². The number of anilines is 1. The number of hydrogen-bond acceptors (Lipinski definition) is 5. The number of rotatable bonds is 14. The van der Waals surface area contributed by atoms with Gasteiger partial charge in [0.05, 0.1) is 5.92 Å². The molecule has 1 atom stereocenters. The van der Waals surface area contributed by atoms with Gasteiger partial charge in [-0.15, -0.1) is 24.0 Å². The SMILES string of the molecule is I.NC(=O)NCc1ccc(CN(C(=O)C(c2ccccc2)c2ccccc2)[C@H](CCCNc2ncc[nH]2)C(N)=O)cc1. The highest BCUT2D eigenvalue weighted by atomic mass is 127. The van der Waals surface area contributed by atoms with Gasteiger partial charge in [0.1, 0.15) is 6.04 Å². The van der Waals surface area contributed by atoms with Gasteiger partial charge in [0.25, 0.3) is 0 Å². The molecule has 0 radical (unpaired) electrons. The van der Waals surface area contributed by atoms with Crippen LogP contribution in [0.2, 0.25) is 0 Å². The molecule has 0 unspecified atom stereocenters. The van der Waals surface area contributed by atoms with Gasteiger partial charge in [-0.2, -0.15) is 0 Å². The third kappa shape index (κ3) is 9.06. The molecule has 1 aromatic heterocycles. The zero-order chi connectivity index (χ0) is 29.0. The minimum atomic E-state index is -0.841. The summed E-state index contributed by atoms with van der Waals surface area (Å²) >= 11 is 0. The normalized spacial score (nSPS) is 11.3. The number of amides is 4. The molecular formula is C31H36IN7O3. The van der Waals surface area contributed by atoms with Crippen LogP contribution in [0.15, 0.2) is 97.3 Å². The molecule has 4 aromatic rings. The van der Waals surface area contributed by atoms with Crippen LogP contribution in [-0.4, -0.2) is 45.3 Å². The summed E-state index contributed by atoms with van der Waals surface area (Å²) in [7, 11) is 0. The molecule has 0 saturated heterocycles. The number of nitrogens with two attached hydrogens (primary N) is 2. The van der Waals surface area contributed by atoms with Gasteiger partial charge < -0.3 is 32.0 Å². The molecular weight excluding hydrogens is 645 g/mol. The van der Waals surface area contributed by atoms with Crippen molar-refractivity contribution in [1.82, 2.24) is 20.2 Å². The zero-order valence-corrected chi connectivity index (χ0v) is 25.4. The van der Waals surface area contributed by atoms with E-state index in [1.165, 1.54) is 0 Å². The molecule has 0 aliphatic heterocycles. The Kier molecular flexibility index (Phi) is 12.4. The Morgan fingerprint density at radius 1 is 0.857 bits per heavy atom. The molecule has 3 aromatic carbocycles. The zero-order valence-electron chi connectivity index (χ0n) is 23.1. The van der Waals surface area contributed by atoms with E-state index in [9.17, 15) is 14.4 Å².